The van der Waals surface area contributed by atoms with Crippen LogP contribution >= 0.6 is 0 Å². The maximum atomic E-state index is 15.2. The number of nitrogens with one attached hydrogen (secondary N) is 1. The van der Waals surface area contributed by atoms with Gasteiger partial charge in [-0.15, -0.1) is 0 Å². The molecular weight excluding hydrogens is 561 g/mol. The molecule has 8 nitrogen and oxygen atoms in total. The van der Waals surface area contributed by atoms with E-state index < -0.39 is 77.8 Å². The van der Waals surface area contributed by atoms with E-state index in [1.165, 1.54) is 36.5 Å². The Balaban J connectivity index is 1.63. The number of hydrogen-bond acceptors (Lipinski definition) is 5. The van der Waals surface area contributed by atoms with Crippen LogP contribution in [0.2, 0.25) is 0 Å². The third kappa shape index (κ3) is 5.65. The molecule has 0 unspecified atom stereocenters. The second-order valence-corrected chi connectivity index (χ2v) is 10.1. The Morgan fingerprint density at radius 3 is 2.40 bits per heavy atom. The number of carbonyl (C=O) groups excluding carboxylic acids is 3. The molecule has 1 aliphatic heterocycles. The van der Waals surface area contributed by atoms with Crippen molar-refractivity contribution in [2.24, 2.45) is 0 Å². The van der Waals surface area contributed by atoms with Crippen LogP contribution in [0, 0.1) is 28.8 Å². The van der Waals surface area contributed by atoms with Gasteiger partial charge < -0.3 is 5.32 Å². The van der Waals surface area contributed by atoms with Crippen molar-refractivity contribution in [1.29, 1.82) is 5.26 Å². The minimum Gasteiger partial charge on any atom is -0.351 e. The summed E-state index contributed by atoms with van der Waals surface area (Å²) in [5.41, 5.74) is -0.715. The zero-order chi connectivity index (χ0) is 30.2. The average Bonchev–Trinajstić information content (AvgIpc) is 3.31. The summed E-state index contributed by atoms with van der Waals surface area (Å²) in [6, 6.07) is 7.19. The summed E-state index contributed by atoms with van der Waals surface area (Å²) in [7, 11) is 0. The molecule has 0 spiro atoms. The van der Waals surface area contributed by atoms with Crippen LogP contribution in [0.4, 0.5) is 33.5 Å². The van der Waals surface area contributed by atoms with Crippen LogP contribution in [-0.2, 0) is 14.4 Å². The van der Waals surface area contributed by atoms with Gasteiger partial charge in [0.15, 0.2) is 0 Å². The molecule has 3 aromatic rings. The van der Waals surface area contributed by atoms with Gasteiger partial charge in [-0.05, 0) is 36.8 Å². The lowest BCUT2D eigenvalue weighted by Crippen LogP contribution is -2.56. The minimum absolute atomic E-state index is 0.0520. The number of aromatic nitrogens is 1. The number of benzene rings is 2. The zero-order valence-corrected chi connectivity index (χ0v) is 21.7. The van der Waals surface area contributed by atoms with Gasteiger partial charge >= 0.3 is 0 Å². The number of hydrogen-bond donors (Lipinski definition) is 1. The molecule has 1 N–H and O–H groups in total. The smallest absolute Gasteiger partial charge is 0.252 e. The Morgan fingerprint density at radius 2 is 1.76 bits per heavy atom. The number of amides is 3. The summed E-state index contributed by atoms with van der Waals surface area (Å²) in [4.78, 5) is 46.7. The molecule has 2 fully saturated rings. The van der Waals surface area contributed by atoms with Crippen molar-refractivity contribution in [3.05, 3.63) is 89.4 Å². The zero-order valence-electron chi connectivity index (χ0n) is 21.7. The highest BCUT2D eigenvalue weighted by Crippen LogP contribution is 2.39. The fraction of sp³-hybridized carbons (Fsp3) is 0.276. The topological polar surface area (TPSA) is 106 Å². The number of anilines is 2. The predicted molar refractivity (Wildman–Crippen MR) is 139 cm³/mol. The van der Waals surface area contributed by atoms with Crippen LogP contribution in [0.1, 0.15) is 42.9 Å². The predicted octanol–water partition coefficient (Wildman–Crippen LogP) is 4.55. The molecule has 1 saturated carbocycles. The second kappa shape index (κ2) is 11.2. The number of pyridine rings is 1. The number of nitriles is 1. The van der Waals surface area contributed by atoms with E-state index in [1.54, 1.807) is 0 Å². The summed E-state index contributed by atoms with van der Waals surface area (Å²) in [6.45, 7) is 0. The van der Waals surface area contributed by atoms with E-state index in [4.69, 9.17) is 0 Å². The van der Waals surface area contributed by atoms with Crippen molar-refractivity contribution in [3.8, 4) is 6.07 Å². The molecule has 1 aliphatic carbocycles. The number of nitrogens with zero attached hydrogens (tertiary/aromatic N) is 4. The third-order valence-corrected chi connectivity index (χ3v) is 7.12. The van der Waals surface area contributed by atoms with Gasteiger partial charge in [0.05, 0.1) is 17.3 Å². The summed E-state index contributed by atoms with van der Waals surface area (Å²) >= 11 is 0. The normalized spacial score (nSPS) is 18.6. The lowest BCUT2D eigenvalue weighted by atomic mass is 9.87. The standard InChI is InChI=1S/C29H22F5N5O3/c30-17-10-18(31)12-20(11-17)38(28(42)23-5-6-25(40)39(23)24-9-16(15-35)7-8-36-24)26(21-3-1-2-4-22(21)32)27(41)37-19-13-29(33,34)14-19/h1-4,7-12,19,23,26H,5-6,13-14H2,(H,37,41)/t23-,26-/m0/s1. The van der Waals surface area contributed by atoms with Gasteiger partial charge in [-0.1, -0.05) is 18.2 Å². The molecule has 216 valence electrons. The SMILES string of the molecule is N#Cc1ccnc(N2C(=O)CC[C@H]2C(=O)N(c2cc(F)cc(F)c2)[C@H](C(=O)NC2CC(F)(F)C2)c2ccccc2F)c1. The Kier molecular flexibility index (Phi) is 7.64. The molecule has 13 heteroatoms. The van der Waals surface area contributed by atoms with Crippen LogP contribution in [0.25, 0.3) is 0 Å². The summed E-state index contributed by atoms with van der Waals surface area (Å²) in [5.74, 6) is -8.88. The average molecular weight is 584 g/mol. The van der Waals surface area contributed by atoms with Crippen molar-refractivity contribution in [1.82, 2.24) is 10.3 Å². The fourth-order valence-electron chi connectivity index (χ4n) is 5.20. The molecular formula is C29H22F5N5O3. The van der Waals surface area contributed by atoms with Crippen LogP contribution < -0.4 is 15.1 Å². The molecule has 42 heavy (non-hydrogen) atoms. The molecule has 0 radical (unpaired) electrons. The molecule has 2 atom stereocenters. The van der Waals surface area contributed by atoms with E-state index in [1.807, 2.05) is 6.07 Å². The van der Waals surface area contributed by atoms with E-state index in [9.17, 15) is 37.2 Å². The van der Waals surface area contributed by atoms with Crippen LogP contribution in [0.15, 0.2) is 60.8 Å². The van der Waals surface area contributed by atoms with Crippen molar-refractivity contribution in [3.63, 3.8) is 0 Å². The lowest BCUT2D eigenvalue weighted by molar-refractivity contribution is -0.133. The first-order chi connectivity index (χ1) is 20.0. The molecule has 1 aromatic heterocycles. The number of halogens is 5. The minimum atomic E-state index is -3.01. The Morgan fingerprint density at radius 1 is 1.07 bits per heavy atom. The number of rotatable bonds is 7. The highest BCUT2D eigenvalue weighted by Gasteiger charge is 2.48. The Hall–Kier alpha value is -4.86. The monoisotopic (exact) mass is 583 g/mol. The van der Waals surface area contributed by atoms with Crippen molar-refractivity contribution < 1.29 is 36.3 Å². The fourth-order valence-corrected chi connectivity index (χ4v) is 5.20. The van der Waals surface area contributed by atoms with Crippen molar-refractivity contribution in [2.75, 3.05) is 9.80 Å². The van der Waals surface area contributed by atoms with E-state index in [2.05, 4.69) is 10.3 Å². The summed E-state index contributed by atoms with van der Waals surface area (Å²) in [5, 5.41) is 11.7. The molecule has 3 amide bonds. The van der Waals surface area contributed by atoms with Crippen LogP contribution in [0.3, 0.4) is 0 Å². The maximum absolute atomic E-state index is 15.2. The molecule has 1 saturated heterocycles. The Bertz CT molecular complexity index is 1580. The van der Waals surface area contributed by atoms with Gasteiger partial charge in [0.1, 0.15) is 35.4 Å². The first-order valence-electron chi connectivity index (χ1n) is 12.9. The Labute approximate surface area is 236 Å². The highest BCUT2D eigenvalue weighted by atomic mass is 19.3. The molecule has 5 rings (SSSR count). The van der Waals surface area contributed by atoms with Gasteiger partial charge in [-0.2, -0.15) is 5.26 Å². The van der Waals surface area contributed by atoms with Gasteiger partial charge in [0, 0.05) is 43.1 Å². The van der Waals surface area contributed by atoms with Gasteiger partial charge in [-0.25, -0.2) is 26.9 Å². The van der Waals surface area contributed by atoms with Gasteiger partial charge in [0.25, 0.3) is 11.8 Å². The summed E-state index contributed by atoms with van der Waals surface area (Å²) in [6.07, 6.45) is -0.363. The van der Waals surface area contributed by atoms with Crippen molar-refractivity contribution in [2.45, 2.75) is 49.7 Å². The number of alkyl halides is 2. The quantitative estimate of drug-likeness (QED) is 0.411. The molecule has 2 aliphatic rings. The highest BCUT2D eigenvalue weighted by molar-refractivity contribution is 6.10. The van der Waals surface area contributed by atoms with Crippen LogP contribution in [0.5, 0.6) is 0 Å². The van der Waals surface area contributed by atoms with Crippen LogP contribution in [-0.4, -0.2) is 40.7 Å². The van der Waals surface area contributed by atoms with E-state index in [0.29, 0.717) is 11.0 Å². The molecule has 0 bridgehead atoms. The number of carbonyl (C=O) groups is 3. The first-order valence-corrected chi connectivity index (χ1v) is 12.9. The maximum Gasteiger partial charge on any atom is 0.252 e. The van der Waals surface area contributed by atoms with Gasteiger partial charge in [0.2, 0.25) is 11.8 Å². The van der Waals surface area contributed by atoms with E-state index in [-0.39, 0.29) is 29.8 Å². The molecule has 2 aromatic carbocycles. The first kappa shape index (κ1) is 28.7. The lowest BCUT2D eigenvalue weighted by Gasteiger charge is -2.39. The van der Waals surface area contributed by atoms with Gasteiger partial charge in [-0.3, -0.25) is 24.2 Å². The third-order valence-electron chi connectivity index (χ3n) is 7.12. The summed E-state index contributed by atoms with van der Waals surface area (Å²) < 4.78 is 71.3. The second-order valence-electron chi connectivity index (χ2n) is 10.1. The molecule has 2 heterocycles. The van der Waals surface area contributed by atoms with Crippen molar-refractivity contribution >= 4 is 29.2 Å². The van der Waals surface area contributed by atoms with E-state index >= 15 is 4.39 Å². The largest absolute Gasteiger partial charge is 0.351 e. The van der Waals surface area contributed by atoms with E-state index in [0.717, 1.165) is 23.1 Å².